The molecule has 2 heterocycles. The smallest absolute Gasteiger partial charge is 0.317 e. The van der Waals surface area contributed by atoms with Gasteiger partial charge in [0.05, 0.1) is 11.3 Å². The number of carbonyl (C=O) groups is 1. The quantitative estimate of drug-likeness (QED) is 0.849. The molecular weight excluding hydrogens is 369 g/mol. The van der Waals surface area contributed by atoms with E-state index in [4.69, 9.17) is 0 Å². The lowest BCUT2D eigenvalue weighted by molar-refractivity contribution is 0.183. The molecule has 2 aliphatic rings. The van der Waals surface area contributed by atoms with Gasteiger partial charge in [-0.05, 0) is 56.7 Å². The molecule has 1 aromatic carbocycles. The first kappa shape index (κ1) is 20.1. The van der Waals surface area contributed by atoms with Crippen molar-refractivity contribution in [2.24, 2.45) is 0 Å². The maximum absolute atomic E-state index is 13.7. The van der Waals surface area contributed by atoms with Gasteiger partial charge in [-0.25, -0.2) is 21.9 Å². The van der Waals surface area contributed by atoms with Crippen LogP contribution in [0.1, 0.15) is 49.8 Å². The summed E-state index contributed by atoms with van der Waals surface area (Å²) in [5.41, 5.74) is 1.27. The lowest BCUT2D eigenvalue weighted by Gasteiger charge is -2.34. The summed E-state index contributed by atoms with van der Waals surface area (Å²) in [7, 11) is -3.25. The number of nitrogens with one attached hydrogen (secondary N) is 1. The lowest BCUT2D eigenvalue weighted by Crippen LogP contribution is -2.49. The van der Waals surface area contributed by atoms with E-state index in [2.05, 4.69) is 5.32 Å². The van der Waals surface area contributed by atoms with Crippen LogP contribution in [0.15, 0.2) is 18.2 Å². The summed E-state index contributed by atoms with van der Waals surface area (Å²) in [4.78, 5) is 14.2. The molecule has 3 rings (SSSR count). The molecule has 27 heavy (non-hydrogen) atoms. The highest BCUT2D eigenvalue weighted by Crippen LogP contribution is 2.25. The number of benzene rings is 1. The van der Waals surface area contributed by atoms with Crippen LogP contribution in [0.25, 0.3) is 0 Å². The second-order valence-corrected chi connectivity index (χ2v) is 9.73. The van der Waals surface area contributed by atoms with Crippen LogP contribution >= 0.6 is 0 Å². The van der Waals surface area contributed by atoms with Gasteiger partial charge in [-0.15, -0.1) is 0 Å². The third kappa shape index (κ3) is 4.43. The maximum Gasteiger partial charge on any atom is 0.317 e. The van der Waals surface area contributed by atoms with Crippen LogP contribution < -0.4 is 5.32 Å². The monoisotopic (exact) mass is 397 g/mol. The van der Waals surface area contributed by atoms with Crippen LogP contribution in [-0.4, -0.2) is 55.1 Å². The van der Waals surface area contributed by atoms with Gasteiger partial charge in [-0.3, -0.25) is 0 Å². The number of amides is 2. The summed E-state index contributed by atoms with van der Waals surface area (Å²) >= 11 is 0. The number of hydrogen-bond donors (Lipinski definition) is 1. The number of halogens is 1. The fraction of sp³-hybridized carbons (Fsp3) is 0.632. The molecule has 2 saturated heterocycles. The van der Waals surface area contributed by atoms with Gasteiger partial charge in [-0.1, -0.05) is 12.1 Å². The van der Waals surface area contributed by atoms with Crippen molar-refractivity contribution in [1.82, 2.24) is 14.5 Å². The van der Waals surface area contributed by atoms with E-state index in [9.17, 15) is 17.6 Å². The normalized spacial score (nSPS) is 20.6. The maximum atomic E-state index is 13.7. The number of nitrogens with zero attached hydrogens (tertiary/aromatic N) is 2. The lowest BCUT2D eigenvalue weighted by atomic mass is 10.1. The number of hydrogen-bond acceptors (Lipinski definition) is 3. The third-order valence-electron chi connectivity index (χ3n) is 5.61. The first-order valence-electron chi connectivity index (χ1n) is 9.59. The molecule has 2 aliphatic heterocycles. The molecule has 6 nitrogen and oxygen atoms in total. The molecule has 0 bridgehead atoms. The second-order valence-electron chi connectivity index (χ2n) is 7.52. The van der Waals surface area contributed by atoms with Crippen molar-refractivity contribution < 1.29 is 17.6 Å². The van der Waals surface area contributed by atoms with Crippen molar-refractivity contribution >= 4 is 16.1 Å². The van der Waals surface area contributed by atoms with Crippen LogP contribution in [0.4, 0.5) is 9.18 Å². The first-order chi connectivity index (χ1) is 12.8. The van der Waals surface area contributed by atoms with Crippen molar-refractivity contribution in [3.8, 4) is 0 Å². The van der Waals surface area contributed by atoms with E-state index < -0.39 is 15.3 Å². The Morgan fingerprint density at radius 1 is 1.19 bits per heavy atom. The molecule has 2 amide bonds. The highest BCUT2D eigenvalue weighted by Gasteiger charge is 2.36. The van der Waals surface area contributed by atoms with E-state index in [0.29, 0.717) is 50.1 Å². The van der Waals surface area contributed by atoms with E-state index in [1.54, 1.807) is 28.3 Å². The standard InChI is InChI=1S/C19H28FN3O3S/c1-14-5-6-16(13-18(14)20)15(2)21-19(24)22-11-7-17(8-12-22)27(25,26)23-9-3-4-10-23/h5-6,13,15,17H,3-4,7-12H2,1-2H3,(H,21,24)/t15-/m1/s1. The zero-order valence-corrected chi connectivity index (χ0v) is 16.8. The third-order valence-corrected chi connectivity index (χ3v) is 8.01. The highest BCUT2D eigenvalue weighted by atomic mass is 32.2. The van der Waals surface area contributed by atoms with Crippen molar-refractivity contribution in [1.29, 1.82) is 0 Å². The van der Waals surface area contributed by atoms with E-state index in [1.165, 1.54) is 6.07 Å². The topological polar surface area (TPSA) is 69.7 Å². The summed E-state index contributed by atoms with van der Waals surface area (Å²) in [6.45, 7) is 5.58. The molecule has 0 unspecified atom stereocenters. The van der Waals surface area contributed by atoms with Gasteiger partial charge < -0.3 is 10.2 Å². The van der Waals surface area contributed by atoms with Gasteiger partial charge >= 0.3 is 6.03 Å². The van der Waals surface area contributed by atoms with Gasteiger partial charge in [0.1, 0.15) is 5.82 Å². The molecule has 8 heteroatoms. The summed E-state index contributed by atoms with van der Waals surface area (Å²) in [6, 6.07) is 4.38. The molecule has 0 radical (unpaired) electrons. The first-order valence-corrected chi connectivity index (χ1v) is 11.1. The Labute approximate surface area is 160 Å². The zero-order valence-electron chi connectivity index (χ0n) is 15.9. The van der Waals surface area contributed by atoms with Crippen molar-refractivity contribution in [3.63, 3.8) is 0 Å². The number of piperidine rings is 1. The average Bonchev–Trinajstić information content (AvgIpc) is 3.19. The van der Waals surface area contributed by atoms with E-state index in [1.807, 2.05) is 6.92 Å². The van der Waals surface area contributed by atoms with E-state index >= 15 is 0 Å². The zero-order chi connectivity index (χ0) is 19.6. The van der Waals surface area contributed by atoms with Crippen LogP contribution in [0.5, 0.6) is 0 Å². The molecule has 0 saturated carbocycles. The molecule has 1 aromatic rings. The Morgan fingerprint density at radius 3 is 2.41 bits per heavy atom. The van der Waals surface area contributed by atoms with E-state index in [-0.39, 0.29) is 17.9 Å². The molecule has 1 atom stereocenters. The molecular formula is C19H28FN3O3S. The Morgan fingerprint density at radius 2 is 1.81 bits per heavy atom. The minimum atomic E-state index is -3.25. The van der Waals surface area contributed by atoms with Crippen LogP contribution in [0, 0.1) is 12.7 Å². The molecule has 0 spiro atoms. The number of rotatable bonds is 4. The van der Waals surface area contributed by atoms with Gasteiger partial charge in [0.2, 0.25) is 10.0 Å². The average molecular weight is 398 g/mol. The van der Waals surface area contributed by atoms with Crippen molar-refractivity contribution in [2.75, 3.05) is 26.2 Å². The Hall–Kier alpha value is -1.67. The highest BCUT2D eigenvalue weighted by molar-refractivity contribution is 7.89. The summed E-state index contributed by atoms with van der Waals surface area (Å²) in [5.74, 6) is -0.290. The van der Waals surface area contributed by atoms with Crippen LogP contribution in [-0.2, 0) is 10.0 Å². The minimum Gasteiger partial charge on any atom is -0.331 e. The van der Waals surface area contributed by atoms with Gasteiger partial charge in [0.15, 0.2) is 0 Å². The molecule has 1 N–H and O–H groups in total. The largest absolute Gasteiger partial charge is 0.331 e. The van der Waals surface area contributed by atoms with Gasteiger partial charge in [0, 0.05) is 26.2 Å². The fourth-order valence-electron chi connectivity index (χ4n) is 3.75. The number of sulfonamides is 1. The summed E-state index contributed by atoms with van der Waals surface area (Å²) in [5, 5.41) is 2.48. The minimum absolute atomic E-state index is 0.236. The fourth-order valence-corrected chi connectivity index (χ4v) is 5.74. The molecule has 2 fully saturated rings. The number of urea groups is 1. The Balaban J connectivity index is 1.54. The SMILES string of the molecule is Cc1ccc([C@@H](C)NC(=O)N2CCC(S(=O)(=O)N3CCCC3)CC2)cc1F. The number of carbonyl (C=O) groups excluding carboxylic acids is 1. The van der Waals surface area contributed by atoms with Crippen molar-refractivity contribution in [2.45, 2.75) is 50.8 Å². The molecule has 0 aliphatic carbocycles. The van der Waals surface area contributed by atoms with Crippen molar-refractivity contribution in [3.05, 3.63) is 35.1 Å². The van der Waals surface area contributed by atoms with Gasteiger partial charge in [0.25, 0.3) is 0 Å². The second kappa shape index (κ2) is 8.14. The summed E-state index contributed by atoms with van der Waals surface area (Å²) in [6.07, 6.45) is 2.77. The predicted octanol–water partition coefficient (Wildman–Crippen LogP) is 2.79. The number of likely N-dealkylation sites (tertiary alicyclic amines) is 1. The molecule has 0 aromatic heterocycles. The summed E-state index contributed by atoms with van der Waals surface area (Å²) < 4.78 is 40.6. The van der Waals surface area contributed by atoms with Crippen LogP contribution in [0.2, 0.25) is 0 Å². The predicted molar refractivity (Wildman–Crippen MR) is 102 cm³/mol. The van der Waals surface area contributed by atoms with E-state index in [0.717, 1.165) is 12.8 Å². The Bertz CT molecular complexity index is 785. The molecule has 150 valence electrons. The van der Waals surface area contributed by atoms with Crippen LogP contribution in [0.3, 0.4) is 0 Å². The van der Waals surface area contributed by atoms with Gasteiger partial charge in [-0.2, -0.15) is 0 Å². The Kier molecular flexibility index (Phi) is 6.05. The number of aryl methyl sites for hydroxylation is 1.